The number of halogens is 1. The van der Waals surface area contributed by atoms with E-state index in [1.807, 2.05) is 18.7 Å². The summed E-state index contributed by atoms with van der Waals surface area (Å²) in [5.74, 6) is 0.693. The van der Waals surface area contributed by atoms with Crippen molar-refractivity contribution in [2.24, 2.45) is 11.3 Å². The van der Waals surface area contributed by atoms with E-state index >= 15 is 0 Å². The van der Waals surface area contributed by atoms with Gasteiger partial charge in [0.1, 0.15) is 18.0 Å². The SMILES string of the molecule is CC(C)N1CC[C@]2(CC[C@@H](CS(=O)(=O)c3ccc(OC/C(=C/F)CNC(=O)OC(C)(C)C)cc3)CC2)C1=O. The Morgan fingerprint density at radius 3 is 2.34 bits per heavy atom. The summed E-state index contributed by atoms with van der Waals surface area (Å²) in [5, 5.41) is 2.47. The maximum atomic E-state index is 13.2. The van der Waals surface area contributed by atoms with Gasteiger partial charge < -0.3 is 19.7 Å². The van der Waals surface area contributed by atoms with Gasteiger partial charge in [-0.2, -0.15) is 0 Å². The molecule has 1 aliphatic carbocycles. The van der Waals surface area contributed by atoms with Crippen LogP contribution in [0.4, 0.5) is 9.18 Å². The van der Waals surface area contributed by atoms with Gasteiger partial charge in [-0.3, -0.25) is 4.79 Å². The molecule has 1 aromatic carbocycles. The van der Waals surface area contributed by atoms with Crippen molar-refractivity contribution in [1.82, 2.24) is 10.2 Å². The fourth-order valence-electron chi connectivity index (χ4n) is 5.15. The molecule has 3 rings (SSSR count). The number of likely N-dealkylation sites (tertiary alicyclic amines) is 1. The van der Waals surface area contributed by atoms with Crippen molar-refractivity contribution in [3.05, 3.63) is 36.2 Å². The Labute approximate surface area is 225 Å². The first kappa shape index (κ1) is 29.9. The van der Waals surface area contributed by atoms with Crippen LogP contribution >= 0.6 is 0 Å². The lowest BCUT2D eigenvalue weighted by Gasteiger charge is -2.36. The minimum absolute atomic E-state index is 0.0252. The van der Waals surface area contributed by atoms with E-state index in [0.717, 1.165) is 38.6 Å². The van der Waals surface area contributed by atoms with Crippen LogP contribution in [0.3, 0.4) is 0 Å². The Bertz CT molecular complexity index is 1120. The molecule has 0 bridgehead atoms. The second-order valence-electron chi connectivity index (χ2n) is 11.7. The number of nitrogens with zero attached hydrogens (tertiary/aromatic N) is 1. The van der Waals surface area contributed by atoms with Crippen LogP contribution in [-0.4, -0.2) is 62.4 Å². The predicted molar refractivity (Wildman–Crippen MR) is 143 cm³/mol. The van der Waals surface area contributed by atoms with Gasteiger partial charge in [-0.25, -0.2) is 17.6 Å². The van der Waals surface area contributed by atoms with Crippen molar-refractivity contribution in [2.45, 2.75) is 83.3 Å². The standard InChI is InChI=1S/C28H41FN2O6S/c1-20(2)31-15-14-28(25(31)32)12-10-21(11-13-28)19-38(34,35)24-8-6-23(7-9-24)36-18-22(16-29)17-30-26(33)37-27(3,4)5/h6-9,16,20-21H,10-15,17-19H2,1-5H3,(H,30,33)/b22-16+/t21-,28-. The largest absolute Gasteiger partial charge is 0.489 e. The zero-order valence-electron chi connectivity index (χ0n) is 23.1. The maximum absolute atomic E-state index is 13.2. The van der Waals surface area contributed by atoms with Gasteiger partial charge in [-0.15, -0.1) is 0 Å². The highest BCUT2D eigenvalue weighted by molar-refractivity contribution is 7.91. The summed E-state index contributed by atoms with van der Waals surface area (Å²) >= 11 is 0. The molecule has 2 amide bonds. The zero-order chi connectivity index (χ0) is 28.1. The van der Waals surface area contributed by atoms with Gasteiger partial charge in [0.05, 0.1) is 22.4 Å². The molecule has 38 heavy (non-hydrogen) atoms. The maximum Gasteiger partial charge on any atom is 0.407 e. The van der Waals surface area contributed by atoms with E-state index in [1.54, 1.807) is 20.8 Å². The van der Waals surface area contributed by atoms with Crippen molar-refractivity contribution in [1.29, 1.82) is 0 Å². The first-order valence-electron chi connectivity index (χ1n) is 13.3. The second kappa shape index (κ2) is 12.1. The van der Waals surface area contributed by atoms with Gasteiger partial charge in [0.15, 0.2) is 9.84 Å². The van der Waals surface area contributed by atoms with Gasteiger partial charge in [-0.1, -0.05) is 0 Å². The van der Waals surface area contributed by atoms with E-state index in [2.05, 4.69) is 5.32 Å². The van der Waals surface area contributed by atoms with Gasteiger partial charge in [0, 0.05) is 24.7 Å². The van der Waals surface area contributed by atoms with E-state index < -0.39 is 21.5 Å². The monoisotopic (exact) mass is 552 g/mol. The number of hydrogen-bond acceptors (Lipinski definition) is 6. The fourth-order valence-corrected chi connectivity index (χ4v) is 6.84. The van der Waals surface area contributed by atoms with Crippen molar-refractivity contribution < 1.29 is 31.9 Å². The lowest BCUT2D eigenvalue weighted by Crippen LogP contribution is -2.40. The minimum atomic E-state index is -3.50. The number of sulfone groups is 1. The Kier molecular flexibility index (Phi) is 9.49. The third-order valence-corrected chi connectivity index (χ3v) is 9.21. The number of hydrogen-bond donors (Lipinski definition) is 1. The second-order valence-corrected chi connectivity index (χ2v) is 13.8. The lowest BCUT2D eigenvalue weighted by molar-refractivity contribution is -0.139. The molecule has 2 aliphatic rings. The molecule has 0 aromatic heterocycles. The molecule has 8 nitrogen and oxygen atoms in total. The topological polar surface area (TPSA) is 102 Å². The third kappa shape index (κ3) is 7.71. The summed E-state index contributed by atoms with van der Waals surface area (Å²) in [5.41, 5.74) is -0.773. The Morgan fingerprint density at radius 2 is 1.82 bits per heavy atom. The molecule has 10 heteroatoms. The Hall–Kier alpha value is -2.62. The number of rotatable bonds is 9. The molecule has 0 unspecified atom stereocenters. The van der Waals surface area contributed by atoms with Crippen LogP contribution < -0.4 is 10.1 Å². The minimum Gasteiger partial charge on any atom is -0.489 e. The van der Waals surface area contributed by atoms with Crippen molar-refractivity contribution >= 4 is 21.8 Å². The number of amides is 2. The van der Waals surface area contributed by atoms with E-state index in [-0.39, 0.29) is 52.7 Å². The number of carbonyl (C=O) groups is 2. The summed E-state index contributed by atoms with van der Waals surface area (Å²) in [6, 6.07) is 6.26. The van der Waals surface area contributed by atoms with Gasteiger partial charge in [-0.05, 0) is 96.9 Å². The molecule has 1 saturated carbocycles. The van der Waals surface area contributed by atoms with Crippen molar-refractivity contribution in [3.8, 4) is 5.75 Å². The Morgan fingerprint density at radius 1 is 1.18 bits per heavy atom. The number of ether oxygens (including phenoxy) is 2. The van der Waals surface area contributed by atoms with Crippen LogP contribution in [0.15, 0.2) is 41.1 Å². The first-order valence-corrected chi connectivity index (χ1v) is 14.9. The molecule has 2 fully saturated rings. The average Bonchev–Trinajstić information content (AvgIpc) is 3.15. The summed E-state index contributed by atoms with van der Waals surface area (Å²) in [7, 11) is -3.50. The molecule has 0 atom stereocenters. The van der Waals surface area contributed by atoms with Gasteiger partial charge >= 0.3 is 6.09 Å². The van der Waals surface area contributed by atoms with Crippen LogP contribution in [0.1, 0.15) is 66.7 Å². The van der Waals surface area contributed by atoms with Crippen LogP contribution in [0, 0.1) is 11.3 Å². The molecule has 1 aliphatic heterocycles. The van der Waals surface area contributed by atoms with Gasteiger partial charge in [0.2, 0.25) is 5.91 Å². The molecule has 1 spiro atoms. The zero-order valence-corrected chi connectivity index (χ0v) is 23.9. The smallest absolute Gasteiger partial charge is 0.407 e. The summed E-state index contributed by atoms with van der Waals surface area (Å²) < 4.78 is 50.0. The normalized spacial score (nSPS) is 22.7. The number of benzene rings is 1. The summed E-state index contributed by atoms with van der Waals surface area (Å²) in [4.78, 5) is 26.9. The first-order chi connectivity index (χ1) is 17.7. The van der Waals surface area contributed by atoms with Crippen LogP contribution in [-0.2, 0) is 19.4 Å². The fraction of sp³-hybridized carbons (Fsp3) is 0.643. The van der Waals surface area contributed by atoms with Crippen molar-refractivity contribution in [2.75, 3.05) is 25.4 Å². The van der Waals surface area contributed by atoms with Gasteiger partial charge in [0.25, 0.3) is 0 Å². The highest BCUT2D eigenvalue weighted by Gasteiger charge is 2.49. The van der Waals surface area contributed by atoms with E-state index in [4.69, 9.17) is 9.47 Å². The number of nitrogens with one attached hydrogen (secondary N) is 1. The van der Waals surface area contributed by atoms with Crippen LogP contribution in [0.2, 0.25) is 0 Å². The highest BCUT2D eigenvalue weighted by atomic mass is 32.2. The average molecular weight is 553 g/mol. The molecule has 0 radical (unpaired) electrons. The van der Waals surface area contributed by atoms with Crippen molar-refractivity contribution in [3.63, 3.8) is 0 Å². The molecule has 1 saturated heterocycles. The molecule has 1 aromatic rings. The van der Waals surface area contributed by atoms with Crippen LogP contribution in [0.25, 0.3) is 0 Å². The van der Waals surface area contributed by atoms with E-state index in [9.17, 15) is 22.4 Å². The number of alkyl carbamates (subject to hydrolysis) is 1. The Balaban J connectivity index is 1.49. The molecular formula is C28H41FN2O6S. The van der Waals surface area contributed by atoms with E-state index in [1.165, 1.54) is 24.3 Å². The molecular weight excluding hydrogens is 511 g/mol. The molecule has 1 N–H and O–H groups in total. The lowest BCUT2D eigenvalue weighted by atomic mass is 9.70. The molecule has 1 heterocycles. The number of carbonyl (C=O) groups excluding carboxylic acids is 2. The highest BCUT2D eigenvalue weighted by Crippen LogP contribution is 2.47. The third-order valence-electron chi connectivity index (χ3n) is 7.31. The summed E-state index contributed by atoms with van der Waals surface area (Å²) in [6.07, 6.45) is 3.52. The van der Waals surface area contributed by atoms with Crippen LogP contribution in [0.5, 0.6) is 5.75 Å². The summed E-state index contributed by atoms with van der Waals surface area (Å²) in [6.45, 7) is 9.85. The molecule has 212 valence electrons. The quantitative estimate of drug-likeness (QED) is 0.461. The predicted octanol–water partition coefficient (Wildman–Crippen LogP) is 5.03. The van der Waals surface area contributed by atoms with E-state index in [0.29, 0.717) is 12.1 Å².